The minimum absolute atomic E-state index is 0.105. The number of hydrogen-bond donors (Lipinski definition) is 1. The van der Waals surface area contributed by atoms with E-state index in [1.807, 2.05) is 31.2 Å². The molecule has 0 saturated carbocycles. The minimum atomic E-state index is -0.726. The van der Waals surface area contributed by atoms with E-state index in [0.29, 0.717) is 34.3 Å². The first-order valence-electron chi connectivity index (χ1n) is 10.6. The molecule has 1 heterocycles. The molecule has 1 aliphatic heterocycles. The lowest BCUT2D eigenvalue weighted by Gasteiger charge is -2.09. The summed E-state index contributed by atoms with van der Waals surface area (Å²) in [5.74, 6) is -0.836. The van der Waals surface area contributed by atoms with Gasteiger partial charge in [0.05, 0.1) is 16.5 Å². The Morgan fingerprint density at radius 3 is 2.56 bits per heavy atom. The van der Waals surface area contributed by atoms with E-state index in [2.05, 4.69) is 27.6 Å². The molecule has 2 aromatic rings. The van der Waals surface area contributed by atoms with Crippen LogP contribution in [0, 0.1) is 3.57 Å². The number of esters is 1. The molecule has 6 nitrogen and oxygen atoms in total. The third-order valence-corrected chi connectivity index (χ3v) is 6.66. The summed E-state index contributed by atoms with van der Waals surface area (Å²) in [6.45, 7) is 4.04. The van der Waals surface area contributed by atoms with E-state index in [1.165, 1.54) is 0 Å². The van der Waals surface area contributed by atoms with Crippen LogP contribution in [0.3, 0.4) is 0 Å². The molecule has 0 radical (unpaired) electrons. The van der Waals surface area contributed by atoms with Gasteiger partial charge in [0.2, 0.25) is 5.91 Å². The molecule has 9 heteroatoms. The van der Waals surface area contributed by atoms with Gasteiger partial charge in [0.25, 0.3) is 0 Å². The highest BCUT2D eigenvalue weighted by Crippen LogP contribution is 2.40. The van der Waals surface area contributed by atoms with E-state index in [-0.39, 0.29) is 35.3 Å². The zero-order valence-corrected chi connectivity index (χ0v) is 22.4. The Kier molecular flexibility index (Phi) is 9.61. The first-order valence-corrected chi connectivity index (χ1v) is 12.9. The summed E-state index contributed by atoms with van der Waals surface area (Å²) in [4.78, 5) is 28.8. The van der Waals surface area contributed by atoms with Gasteiger partial charge in [0, 0.05) is 9.99 Å². The van der Waals surface area contributed by atoms with E-state index in [9.17, 15) is 14.7 Å². The second-order valence-electron chi connectivity index (χ2n) is 7.22. The Bertz CT molecular complexity index is 1170. The van der Waals surface area contributed by atoms with E-state index >= 15 is 0 Å². The predicted molar refractivity (Wildman–Crippen MR) is 144 cm³/mol. The highest BCUT2D eigenvalue weighted by atomic mass is 127. The monoisotopic (exact) mass is 611 g/mol. The molecule has 2 aromatic carbocycles. The van der Waals surface area contributed by atoms with Crippen molar-refractivity contribution in [2.24, 2.45) is 4.99 Å². The van der Waals surface area contributed by atoms with Gasteiger partial charge in [0.15, 0.2) is 0 Å². The molecular weight excluding hydrogens is 589 g/mol. The summed E-state index contributed by atoms with van der Waals surface area (Å²) in [7, 11) is 0. The number of nitrogens with zero attached hydrogens (tertiary/aromatic N) is 1. The number of amides is 1. The van der Waals surface area contributed by atoms with Crippen LogP contribution in [0.15, 0.2) is 63.7 Å². The van der Waals surface area contributed by atoms with E-state index in [4.69, 9.17) is 21.1 Å². The maximum atomic E-state index is 12.4. The van der Waals surface area contributed by atoms with Gasteiger partial charge in [-0.3, -0.25) is 4.79 Å². The van der Waals surface area contributed by atoms with Crippen molar-refractivity contribution in [3.8, 4) is 5.75 Å². The number of halogens is 2. The normalized spacial score (nSPS) is 15.8. The number of aliphatic hydroxyl groups is 1. The van der Waals surface area contributed by atoms with Gasteiger partial charge in [-0.25, -0.2) is 9.79 Å². The molecule has 178 valence electrons. The zero-order valence-electron chi connectivity index (χ0n) is 18.6. The highest BCUT2D eigenvalue weighted by Gasteiger charge is 2.33. The lowest BCUT2D eigenvalue weighted by molar-refractivity contribution is -0.138. The number of thioether (sulfide) groups is 1. The van der Waals surface area contributed by atoms with Crippen LogP contribution in [-0.4, -0.2) is 28.6 Å². The van der Waals surface area contributed by atoms with Crippen LogP contribution in [-0.2, 0) is 20.9 Å². The Hall–Kier alpha value is -2.30. The fourth-order valence-corrected chi connectivity index (χ4v) is 4.63. The molecule has 34 heavy (non-hydrogen) atoms. The van der Waals surface area contributed by atoms with Crippen LogP contribution in [0.25, 0.3) is 6.08 Å². The van der Waals surface area contributed by atoms with Gasteiger partial charge in [-0.05, 0) is 77.4 Å². The Labute approximate surface area is 221 Å². The average Bonchev–Trinajstić information content (AvgIpc) is 3.09. The van der Waals surface area contributed by atoms with Gasteiger partial charge in [-0.15, -0.1) is 0 Å². The van der Waals surface area contributed by atoms with Crippen molar-refractivity contribution < 1.29 is 24.2 Å². The third kappa shape index (κ3) is 6.86. The van der Waals surface area contributed by atoms with Gasteiger partial charge in [-0.1, -0.05) is 48.5 Å². The van der Waals surface area contributed by atoms with Crippen molar-refractivity contribution >= 4 is 68.9 Å². The Balaban J connectivity index is 1.83. The number of ether oxygens (including phenoxy) is 2. The summed E-state index contributed by atoms with van der Waals surface area (Å²) in [5.41, 5.74) is 1.60. The van der Waals surface area contributed by atoms with Crippen molar-refractivity contribution in [2.45, 2.75) is 33.3 Å². The number of benzene rings is 2. The average molecular weight is 612 g/mol. The van der Waals surface area contributed by atoms with Crippen LogP contribution in [0.4, 0.5) is 0 Å². The van der Waals surface area contributed by atoms with Crippen LogP contribution >= 0.6 is 46.0 Å². The summed E-state index contributed by atoms with van der Waals surface area (Å²) in [6, 6.07) is 13.2. The fraction of sp³-hybridized carbons (Fsp3) is 0.240. The van der Waals surface area contributed by atoms with Crippen LogP contribution in [0.1, 0.15) is 37.8 Å². The lowest BCUT2D eigenvalue weighted by atomic mass is 10.1. The first kappa shape index (κ1) is 26.3. The maximum absolute atomic E-state index is 12.4. The molecule has 3 rings (SSSR count). The molecule has 0 spiro atoms. The summed E-state index contributed by atoms with van der Waals surface area (Å²) in [5, 5.41) is 11.2. The van der Waals surface area contributed by atoms with Crippen LogP contribution in [0.5, 0.6) is 5.75 Å². The molecule has 0 aliphatic carbocycles. The summed E-state index contributed by atoms with van der Waals surface area (Å²) >= 11 is 9.70. The number of rotatable bonds is 8. The van der Waals surface area contributed by atoms with E-state index in [1.54, 1.807) is 31.2 Å². The standard InChI is InChI=1S/C25H23ClINO5S/c1-3-5-21(29)28-24-22(25(31)32-4-2)23(30)20(34-24)13-16-8-11-19(18(26)12-16)33-14-15-6-9-17(27)10-7-15/h6-13,30H,3-5,14H2,1-2H3/b20-13-,28-24?. The maximum Gasteiger partial charge on any atom is 0.344 e. The van der Waals surface area contributed by atoms with Crippen molar-refractivity contribution in [1.82, 2.24) is 0 Å². The smallest absolute Gasteiger partial charge is 0.344 e. The van der Waals surface area contributed by atoms with Crippen molar-refractivity contribution in [3.05, 3.63) is 78.4 Å². The summed E-state index contributed by atoms with van der Waals surface area (Å²) < 4.78 is 12.0. The highest BCUT2D eigenvalue weighted by molar-refractivity contribution is 14.1. The van der Waals surface area contributed by atoms with E-state index < -0.39 is 5.97 Å². The predicted octanol–water partition coefficient (Wildman–Crippen LogP) is 6.71. The van der Waals surface area contributed by atoms with Crippen molar-refractivity contribution in [3.63, 3.8) is 0 Å². The van der Waals surface area contributed by atoms with Gasteiger partial charge in [0.1, 0.15) is 28.7 Å². The minimum Gasteiger partial charge on any atom is -0.506 e. The van der Waals surface area contributed by atoms with Gasteiger partial charge in [-0.2, -0.15) is 0 Å². The topological polar surface area (TPSA) is 85.2 Å². The number of carbonyl (C=O) groups is 2. The Morgan fingerprint density at radius 2 is 1.91 bits per heavy atom. The van der Waals surface area contributed by atoms with E-state index in [0.717, 1.165) is 20.9 Å². The second kappa shape index (κ2) is 12.4. The quantitative estimate of drug-likeness (QED) is 0.264. The first-order chi connectivity index (χ1) is 16.3. The van der Waals surface area contributed by atoms with Crippen LogP contribution in [0.2, 0.25) is 5.02 Å². The lowest BCUT2D eigenvalue weighted by Crippen LogP contribution is -2.14. The van der Waals surface area contributed by atoms with Gasteiger partial charge >= 0.3 is 5.97 Å². The molecule has 1 aliphatic rings. The Morgan fingerprint density at radius 1 is 1.18 bits per heavy atom. The zero-order chi connectivity index (χ0) is 24.7. The molecular formula is C25H23ClINO5S. The third-order valence-electron chi connectivity index (χ3n) is 4.62. The summed E-state index contributed by atoms with van der Waals surface area (Å²) in [6.07, 6.45) is 2.55. The number of hydrogen-bond acceptors (Lipinski definition) is 6. The molecule has 0 fully saturated rings. The SMILES string of the molecule is CCCC(=O)N=C1S/C(=C\c2ccc(OCc3ccc(I)cc3)c(Cl)c2)C(O)=C1C(=O)OCC. The number of aliphatic imine (C=N–C) groups is 1. The second-order valence-corrected chi connectivity index (χ2v) is 9.90. The molecule has 1 N–H and O–H groups in total. The molecule has 0 aromatic heterocycles. The molecule has 0 atom stereocenters. The van der Waals surface area contributed by atoms with Crippen molar-refractivity contribution in [2.75, 3.05) is 6.61 Å². The molecule has 1 amide bonds. The largest absolute Gasteiger partial charge is 0.506 e. The van der Waals surface area contributed by atoms with Crippen molar-refractivity contribution in [1.29, 1.82) is 0 Å². The number of carbonyl (C=O) groups excluding carboxylic acids is 2. The molecule has 0 saturated heterocycles. The van der Waals surface area contributed by atoms with Crippen LogP contribution < -0.4 is 4.74 Å². The van der Waals surface area contributed by atoms with Gasteiger partial charge < -0.3 is 14.6 Å². The molecule has 0 bridgehead atoms. The number of aliphatic hydroxyl groups excluding tert-OH is 1. The fourth-order valence-electron chi connectivity index (χ4n) is 2.99. The molecule has 0 unspecified atom stereocenters.